The van der Waals surface area contributed by atoms with Gasteiger partial charge in [0, 0.05) is 61.4 Å². The molecule has 4 atom stereocenters. The summed E-state index contributed by atoms with van der Waals surface area (Å²) >= 11 is 0. The van der Waals surface area contributed by atoms with Gasteiger partial charge in [-0.15, -0.1) is 15.3 Å². The van der Waals surface area contributed by atoms with Gasteiger partial charge in [-0.3, -0.25) is 24.0 Å². The van der Waals surface area contributed by atoms with E-state index in [0.717, 1.165) is 48.6 Å². The van der Waals surface area contributed by atoms with Crippen molar-refractivity contribution < 1.29 is 89.1 Å². The van der Waals surface area contributed by atoms with Crippen LogP contribution in [0.2, 0.25) is 0 Å². The molecule has 0 spiro atoms. The second-order valence-electron chi connectivity index (χ2n) is 22.5. The molecule has 3 unspecified atom stereocenters. The second-order valence-corrected chi connectivity index (χ2v) is 22.5. The zero-order chi connectivity index (χ0) is 66.4. The lowest BCUT2D eigenvalue weighted by Gasteiger charge is -2.28. The highest BCUT2D eigenvalue weighted by molar-refractivity contribution is 5.76. The molecule has 5 aromatic rings. The largest absolute Gasteiger partial charge is 0.420 e. The first-order valence-electron chi connectivity index (χ1n) is 32.4. The molecule has 0 aliphatic carbocycles. The fourth-order valence-electron chi connectivity index (χ4n) is 10.7. The number of hydrogen-bond donors (Lipinski definition) is 2. The number of carbonyl (C=O) groups excluding carboxylic acids is 3. The Labute approximate surface area is 547 Å². The molecule has 2 aliphatic rings. The van der Waals surface area contributed by atoms with Crippen LogP contribution in [0.1, 0.15) is 98.8 Å². The molecule has 27 nitrogen and oxygen atoms in total. The first kappa shape index (κ1) is 75.0. The summed E-state index contributed by atoms with van der Waals surface area (Å²) in [5.74, 6) is -3.54. The van der Waals surface area contributed by atoms with E-state index in [2.05, 4.69) is 83.3 Å². The SMILES string of the molecule is Cc1nnc(C(C)C)n1C1CC2CCC1N2CC[C@H](NC(=O)Cn1cc(CNC(=O)CCOCCOCCOCCOCc2cn(CCOCCOCCOCCOCCOCCOCCOCCOCCC(=O)Oc3c(F)cc(F)cc3F)nn2)cn1)c1ccccc1. The summed E-state index contributed by atoms with van der Waals surface area (Å²) in [5.41, 5.74) is 2.56. The zero-order valence-electron chi connectivity index (χ0n) is 54.4. The Kier molecular flexibility index (Phi) is 34.8. The fourth-order valence-corrected chi connectivity index (χ4v) is 10.7. The van der Waals surface area contributed by atoms with E-state index in [9.17, 15) is 27.6 Å². The number of benzene rings is 2. The van der Waals surface area contributed by atoms with Gasteiger partial charge in [-0.2, -0.15) is 5.10 Å². The molecule has 2 N–H and O–H groups in total. The fraction of sp³-hybridized carbons (Fsp3) is 0.656. The molecule has 2 saturated heterocycles. The van der Waals surface area contributed by atoms with Gasteiger partial charge in [-0.25, -0.2) is 17.9 Å². The molecule has 0 saturated carbocycles. The predicted molar refractivity (Wildman–Crippen MR) is 332 cm³/mol. The van der Waals surface area contributed by atoms with Gasteiger partial charge in [0.15, 0.2) is 11.6 Å². The number of carbonyl (C=O) groups is 3. The molecule has 2 bridgehead atoms. The molecule has 2 aliphatic heterocycles. The molecule has 94 heavy (non-hydrogen) atoms. The van der Waals surface area contributed by atoms with Crippen molar-refractivity contribution in [3.63, 3.8) is 0 Å². The third-order valence-corrected chi connectivity index (χ3v) is 15.2. The average molecular weight is 1330 g/mol. The number of amides is 2. The maximum atomic E-state index is 13.6. The third kappa shape index (κ3) is 27.8. The molecule has 2 fully saturated rings. The molecule has 5 heterocycles. The van der Waals surface area contributed by atoms with E-state index >= 15 is 0 Å². The van der Waals surface area contributed by atoms with E-state index in [1.54, 1.807) is 21.8 Å². The van der Waals surface area contributed by atoms with Crippen molar-refractivity contribution in [2.45, 2.75) is 116 Å². The van der Waals surface area contributed by atoms with Gasteiger partial charge in [0.25, 0.3) is 0 Å². The summed E-state index contributed by atoms with van der Waals surface area (Å²) in [6.07, 6.45) is 9.42. The highest BCUT2D eigenvalue weighted by Crippen LogP contribution is 2.46. The van der Waals surface area contributed by atoms with Crippen LogP contribution in [0.25, 0.3) is 0 Å². The number of nitrogens with zero attached hydrogens (tertiary/aromatic N) is 9. The van der Waals surface area contributed by atoms with Crippen LogP contribution in [0.3, 0.4) is 0 Å². The molecular weight excluding hydrogens is 1240 g/mol. The van der Waals surface area contributed by atoms with Crippen LogP contribution in [0.4, 0.5) is 13.2 Å². The quantitative estimate of drug-likeness (QED) is 0.0293. The minimum absolute atomic E-state index is 0.0481. The number of hydrogen-bond acceptors (Lipinski definition) is 22. The summed E-state index contributed by atoms with van der Waals surface area (Å²) in [6.45, 7) is 16.7. The summed E-state index contributed by atoms with van der Waals surface area (Å²) in [6, 6.07) is 12.1. The number of esters is 1. The van der Waals surface area contributed by atoms with E-state index in [-0.39, 0.29) is 70.2 Å². The average Bonchev–Trinajstić information content (AvgIpc) is 1.60. The molecule has 3 aromatic heterocycles. The number of aryl methyl sites for hydroxylation is 1. The molecule has 0 radical (unpaired) electrons. The number of rotatable bonds is 53. The van der Waals surface area contributed by atoms with E-state index in [1.165, 1.54) is 6.42 Å². The van der Waals surface area contributed by atoms with Gasteiger partial charge in [-0.1, -0.05) is 49.4 Å². The Morgan fingerprint density at radius 2 is 1.14 bits per heavy atom. The lowest BCUT2D eigenvalue weighted by atomic mass is 9.94. The van der Waals surface area contributed by atoms with Gasteiger partial charge in [0.05, 0.1) is 196 Å². The van der Waals surface area contributed by atoms with Crippen molar-refractivity contribution in [1.82, 2.24) is 55.1 Å². The summed E-state index contributed by atoms with van der Waals surface area (Å²) in [5, 5.41) is 27.8. The maximum Gasteiger partial charge on any atom is 0.313 e. The van der Waals surface area contributed by atoms with E-state index in [4.69, 9.17) is 56.8 Å². The Bertz CT molecular complexity index is 2910. The van der Waals surface area contributed by atoms with Gasteiger partial charge in [-0.05, 0) is 38.2 Å². The Morgan fingerprint density at radius 1 is 0.596 bits per heavy atom. The third-order valence-electron chi connectivity index (χ3n) is 15.2. The van der Waals surface area contributed by atoms with Crippen LogP contribution in [0, 0.1) is 24.4 Å². The van der Waals surface area contributed by atoms with Crippen molar-refractivity contribution >= 4 is 17.8 Å². The van der Waals surface area contributed by atoms with Gasteiger partial charge >= 0.3 is 5.97 Å². The smallest absolute Gasteiger partial charge is 0.313 e. The first-order chi connectivity index (χ1) is 45.9. The van der Waals surface area contributed by atoms with Gasteiger partial charge in [0.2, 0.25) is 17.6 Å². The van der Waals surface area contributed by atoms with Crippen molar-refractivity contribution in [2.24, 2.45) is 0 Å². The van der Waals surface area contributed by atoms with Crippen LogP contribution >= 0.6 is 0 Å². The van der Waals surface area contributed by atoms with Crippen LogP contribution in [0.5, 0.6) is 5.75 Å². The Balaban J connectivity index is 0.573. The standard InChI is InChI=1S/C64H94F3N11O16/c1-48(2)64-73-71-49(3)78(64)59-41-54-9-10-58(59)77(54)14-11-57(51-7-5-4-6-8-51)70-61(80)46-76-44-50(43-69-76)42-68-60(79)12-16-82-19-22-85-35-36-92-37-38-93-47-53-45-75(74-72-53)15-18-84-21-24-87-26-28-89-30-32-91-34-33-90-31-29-88-27-25-86-23-20-83-17-13-62(81)94-63-55(66)39-52(65)40-56(63)67/h4-8,39-40,43-45,48,54,57-59H,9-38,41-42,46-47H2,1-3H3,(H,68,79)(H,70,80)/t54?,57-,58?,59?/m0/s1. The zero-order valence-corrected chi connectivity index (χ0v) is 54.4. The summed E-state index contributed by atoms with van der Waals surface area (Å²) < 4.78 is 117. The molecule has 30 heteroatoms. The minimum Gasteiger partial charge on any atom is -0.420 e. The van der Waals surface area contributed by atoms with Crippen LogP contribution in [-0.2, 0) is 97.5 Å². The number of nitrogens with one attached hydrogen (secondary N) is 2. The lowest BCUT2D eigenvalue weighted by Crippen LogP contribution is -2.37. The minimum atomic E-state index is -1.31. The maximum absolute atomic E-state index is 13.6. The van der Waals surface area contributed by atoms with E-state index < -0.39 is 29.2 Å². The summed E-state index contributed by atoms with van der Waals surface area (Å²) in [7, 11) is 0. The molecule has 522 valence electrons. The topological polar surface area (TPSA) is 278 Å². The van der Waals surface area contributed by atoms with Crippen LogP contribution in [-0.4, -0.2) is 233 Å². The summed E-state index contributed by atoms with van der Waals surface area (Å²) in [4.78, 5) is 40.4. The van der Waals surface area contributed by atoms with Crippen molar-refractivity contribution in [1.29, 1.82) is 0 Å². The lowest BCUT2D eigenvalue weighted by molar-refractivity contribution is -0.136. The normalized spacial score (nSPS) is 15.8. The van der Waals surface area contributed by atoms with Crippen molar-refractivity contribution in [2.75, 3.05) is 159 Å². The molecule has 2 amide bonds. The highest BCUT2D eigenvalue weighted by atomic mass is 19.1. The highest BCUT2D eigenvalue weighted by Gasteiger charge is 2.48. The van der Waals surface area contributed by atoms with Gasteiger partial charge in [0.1, 0.15) is 29.7 Å². The number of halogens is 3. The number of fused-ring (bicyclic) bond motifs is 2. The monoisotopic (exact) mass is 1330 g/mol. The Morgan fingerprint density at radius 3 is 1.71 bits per heavy atom. The van der Waals surface area contributed by atoms with E-state index in [1.807, 2.05) is 24.4 Å². The molecular formula is C64H94F3N11O16. The van der Waals surface area contributed by atoms with Crippen LogP contribution < -0.4 is 15.4 Å². The first-order valence-corrected chi connectivity index (χ1v) is 32.4. The molecule has 2 aromatic carbocycles. The second kappa shape index (κ2) is 43.6. The van der Waals surface area contributed by atoms with Crippen molar-refractivity contribution in [3.05, 3.63) is 107 Å². The predicted octanol–water partition coefficient (Wildman–Crippen LogP) is 5.04. The van der Waals surface area contributed by atoms with E-state index in [0.29, 0.717) is 181 Å². The van der Waals surface area contributed by atoms with Crippen LogP contribution in [0.15, 0.2) is 61.1 Å². The Hall–Kier alpha value is -6.39. The van der Waals surface area contributed by atoms with Crippen molar-refractivity contribution in [3.8, 4) is 5.75 Å². The number of aromatic nitrogens is 8. The van der Waals surface area contributed by atoms with Gasteiger partial charge < -0.3 is 76.8 Å². The molecule has 7 rings (SSSR count). The number of ether oxygens (including phenoxy) is 13.